The first-order chi connectivity index (χ1) is 7.62. The van der Waals surface area contributed by atoms with Gasteiger partial charge in [0.2, 0.25) is 0 Å². The minimum atomic E-state index is -0.538. The highest BCUT2D eigenvalue weighted by molar-refractivity contribution is 5.20. The van der Waals surface area contributed by atoms with Gasteiger partial charge in [-0.05, 0) is 36.0 Å². The molecule has 0 aliphatic heterocycles. The van der Waals surface area contributed by atoms with Crippen molar-refractivity contribution in [2.24, 2.45) is 5.41 Å². The lowest BCUT2D eigenvalue weighted by Crippen LogP contribution is -2.28. The summed E-state index contributed by atoms with van der Waals surface area (Å²) >= 11 is 0. The van der Waals surface area contributed by atoms with Crippen LogP contribution in [0.1, 0.15) is 50.7 Å². The van der Waals surface area contributed by atoms with Gasteiger partial charge in [0.25, 0.3) is 0 Å². The van der Waals surface area contributed by atoms with E-state index in [1.54, 1.807) is 6.07 Å². The quantitative estimate of drug-likeness (QED) is 0.806. The standard InChI is InChI=1S/C14H19FO/c1-14(8-3-2-4-9-14)13(16)11-6-5-7-12(15)10-11/h5-7,10,13,16H,2-4,8-9H2,1H3. The first-order valence-corrected chi connectivity index (χ1v) is 6.05. The largest absolute Gasteiger partial charge is 0.388 e. The van der Waals surface area contributed by atoms with Gasteiger partial charge in [0.15, 0.2) is 0 Å². The summed E-state index contributed by atoms with van der Waals surface area (Å²) in [6.07, 6.45) is 5.12. The highest BCUT2D eigenvalue weighted by atomic mass is 19.1. The summed E-state index contributed by atoms with van der Waals surface area (Å²) in [7, 11) is 0. The van der Waals surface area contributed by atoms with Gasteiger partial charge in [-0.15, -0.1) is 0 Å². The summed E-state index contributed by atoms with van der Waals surface area (Å²) in [5.74, 6) is -0.268. The zero-order valence-corrected chi connectivity index (χ0v) is 9.75. The van der Waals surface area contributed by atoms with Crippen LogP contribution in [-0.2, 0) is 0 Å². The highest BCUT2D eigenvalue weighted by Crippen LogP contribution is 2.45. The van der Waals surface area contributed by atoms with E-state index >= 15 is 0 Å². The highest BCUT2D eigenvalue weighted by Gasteiger charge is 2.35. The van der Waals surface area contributed by atoms with Crippen LogP contribution in [0.25, 0.3) is 0 Å². The summed E-state index contributed by atoms with van der Waals surface area (Å²) in [5.41, 5.74) is 0.635. The van der Waals surface area contributed by atoms with Crippen LogP contribution in [0.3, 0.4) is 0 Å². The van der Waals surface area contributed by atoms with Crippen LogP contribution in [0.4, 0.5) is 4.39 Å². The maximum absolute atomic E-state index is 13.1. The Hall–Kier alpha value is -0.890. The molecule has 0 saturated heterocycles. The number of halogens is 1. The van der Waals surface area contributed by atoms with E-state index in [1.165, 1.54) is 31.4 Å². The normalized spacial score (nSPS) is 21.7. The van der Waals surface area contributed by atoms with Gasteiger partial charge in [0.1, 0.15) is 5.82 Å². The predicted octanol–water partition coefficient (Wildman–Crippen LogP) is 3.83. The van der Waals surface area contributed by atoms with E-state index in [0.717, 1.165) is 12.8 Å². The Kier molecular flexibility index (Phi) is 3.29. The van der Waals surface area contributed by atoms with E-state index in [-0.39, 0.29) is 11.2 Å². The summed E-state index contributed by atoms with van der Waals surface area (Å²) < 4.78 is 13.1. The van der Waals surface area contributed by atoms with Crippen molar-refractivity contribution in [1.29, 1.82) is 0 Å². The second-order valence-electron chi connectivity index (χ2n) is 5.17. The fourth-order valence-electron chi connectivity index (χ4n) is 2.71. The van der Waals surface area contributed by atoms with Crippen LogP contribution in [0.5, 0.6) is 0 Å². The fraction of sp³-hybridized carbons (Fsp3) is 0.571. The Morgan fingerprint density at radius 2 is 1.94 bits per heavy atom. The SMILES string of the molecule is CC1(C(O)c2cccc(F)c2)CCCCC1. The average molecular weight is 222 g/mol. The molecule has 0 aromatic heterocycles. The second kappa shape index (κ2) is 4.54. The van der Waals surface area contributed by atoms with Gasteiger partial charge in [0.05, 0.1) is 6.10 Å². The second-order valence-corrected chi connectivity index (χ2v) is 5.17. The monoisotopic (exact) mass is 222 g/mol. The van der Waals surface area contributed by atoms with Gasteiger partial charge in [-0.3, -0.25) is 0 Å². The maximum Gasteiger partial charge on any atom is 0.123 e. The zero-order valence-electron chi connectivity index (χ0n) is 9.75. The molecular weight excluding hydrogens is 203 g/mol. The molecule has 0 bridgehead atoms. The van der Waals surface area contributed by atoms with Crippen molar-refractivity contribution in [2.45, 2.75) is 45.1 Å². The van der Waals surface area contributed by atoms with Gasteiger partial charge in [0, 0.05) is 0 Å². The van der Waals surface area contributed by atoms with E-state index < -0.39 is 6.10 Å². The van der Waals surface area contributed by atoms with Gasteiger partial charge >= 0.3 is 0 Å². The number of hydrogen-bond acceptors (Lipinski definition) is 1. The first kappa shape index (κ1) is 11.6. The molecule has 1 fully saturated rings. The van der Waals surface area contributed by atoms with Gasteiger partial charge in [-0.25, -0.2) is 4.39 Å². The molecule has 1 aliphatic carbocycles. The number of aliphatic hydroxyl groups is 1. The summed E-state index contributed by atoms with van der Waals surface area (Å²) in [6, 6.07) is 6.34. The number of rotatable bonds is 2. The Balaban J connectivity index is 2.20. The molecule has 1 saturated carbocycles. The van der Waals surface area contributed by atoms with Crippen LogP contribution in [0.15, 0.2) is 24.3 Å². The lowest BCUT2D eigenvalue weighted by Gasteiger charge is -2.38. The van der Waals surface area contributed by atoms with E-state index in [0.29, 0.717) is 5.56 Å². The van der Waals surface area contributed by atoms with Crippen molar-refractivity contribution >= 4 is 0 Å². The van der Waals surface area contributed by atoms with Crippen LogP contribution in [-0.4, -0.2) is 5.11 Å². The van der Waals surface area contributed by atoms with Crippen LogP contribution in [0, 0.1) is 11.2 Å². The Bertz CT molecular complexity index is 356. The zero-order chi connectivity index (χ0) is 11.6. The van der Waals surface area contributed by atoms with Crippen LogP contribution in [0.2, 0.25) is 0 Å². The number of aliphatic hydroxyl groups excluding tert-OH is 1. The molecule has 16 heavy (non-hydrogen) atoms. The van der Waals surface area contributed by atoms with Crippen molar-refractivity contribution < 1.29 is 9.50 Å². The molecule has 0 heterocycles. The molecule has 2 rings (SSSR count). The van der Waals surface area contributed by atoms with Crippen molar-refractivity contribution in [1.82, 2.24) is 0 Å². The average Bonchev–Trinajstić information content (AvgIpc) is 2.29. The summed E-state index contributed by atoms with van der Waals surface area (Å²) in [4.78, 5) is 0. The first-order valence-electron chi connectivity index (χ1n) is 6.05. The van der Waals surface area contributed by atoms with E-state index in [2.05, 4.69) is 6.92 Å². The lowest BCUT2D eigenvalue weighted by molar-refractivity contribution is 0.00801. The van der Waals surface area contributed by atoms with E-state index in [9.17, 15) is 9.50 Å². The van der Waals surface area contributed by atoms with Gasteiger partial charge < -0.3 is 5.11 Å². The summed E-state index contributed by atoms with van der Waals surface area (Å²) in [6.45, 7) is 2.11. The molecule has 0 radical (unpaired) electrons. The van der Waals surface area contributed by atoms with E-state index in [4.69, 9.17) is 0 Å². The lowest BCUT2D eigenvalue weighted by atomic mass is 9.70. The van der Waals surface area contributed by atoms with Crippen molar-refractivity contribution in [3.63, 3.8) is 0 Å². The smallest absolute Gasteiger partial charge is 0.123 e. The Labute approximate surface area is 96.3 Å². The van der Waals surface area contributed by atoms with E-state index in [1.807, 2.05) is 6.07 Å². The predicted molar refractivity (Wildman–Crippen MR) is 62.6 cm³/mol. The summed E-state index contributed by atoms with van der Waals surface area (Å²) in [5, 5.41) is 10.4. The van der Waals surface area contributed by atoms with Gasteiger partial charge in [-0.2, -0.15) is 0 Å². The third kappa shape index (κ3) is 2.27. The Morgan fingerprint density at radius 3 is 2.56 bits per heavy atom. The molecule has 2 heteroatoms. The van der Waals surface area contributed by atoms with Crippen molar-refractivity contribution in [3.05, 3.63) is 35.6 Å². The number of hydrogen-bond donors (Lipinski definition) is 1. The molecule has 0 spiro atoms. The molecule has 1 aliphatic rings. The third-order valence-electron chi connectivity index (χ3n) is 3.82. The van der Waals surface area contributed by atoms with Crippen LogP contribution < -0.4 is 0 Å². The molecule has 1 unspecified atom stereocenters. The van der Waals surface area contributed by atoms with Crippen molar-refractivity contribution in [2.75, 3.05) is 0 Å². The molecule has 1 aromatic rings. The van der Waals surface area contributed by atoms with Crippen molar-refractivity contribution in [3.8, 4) is 0 Å². The molecular formula is C14H19FO. The molecule has 0 amide bonds. The minimum absolute atomic E-state index is 0.0773. The topological polar surface area (TPSA) is 20.2 Å². The van der Waals surface area contributed by atoms with Crippen LogP contribution >= 0.6 is 0 Å². The molecule has 1 atom stereocenters. The van der Waals surface area contributed by atoms with Gasteiger partial charge in [-0.1, -0.05) is 38.3 Å². The molecule has 1 nitrogen and oxygen atoms in total. The minimum Gasteiger partial charge on any atom is -0.388 e. The molecule has 1 aromatic carbocycles. The molecule has 88 valence electrons. The Morgan fingerprint density at radius 1 is 1.25 bits per heavy atom. The fourth-order valence-corrected chi connectivity index (χ4v) is 2.71. The molecule has 1 N–H and O–H groups in total. The maximum atomic E-state index is 13.1. The number of benzene rings is 1. The third-order valence-corrected chi connectivity index (χ3v) is 3.82.